The maximum absolute atomic E-state index is 15.0. The van der Waals surface area contributed by atoms with E-state index in [1.165, 1.54) is 59.2 Å². The highest BCUT2D eigenvalue weighted by Crippen LogP contribution is 2.46. The van der Waals surface area contributed by atoms with Crippen LogP contribution in [0.4, 0.5) is 57.1 Å². The van der Waals surface area contributed by atoms with E-state index in [0.29, 0.717) is 57.3 Å². The van der Waals surface area contributed by atoms with Gasteiger partial charge in [-0.25, -0.2) is 19.3 Å². The minimum atomic E-state index is -5.27. The first kappa shape index (κ1) is 47.3. The van der Waals surface area contributed by atoms with Crippen molar-refractivity contribution < 1.29 is 57.1 Å². The predicted molar refractivity (Wildman–Crippen MR) is 247 cm³/mol. The molecule has 0 fully saturated rings. The summed E-state index contributed by atoms with van der Waals surface area (Å²) in [5.74, 6) is -0.0749. The molecule has 2 aromatic heterocycles. The van der Waals surface area contributed by atoms with Crippen LogP contribution in [0.1, 0.15) is 22.3 Å². The van der Waals surface area contributed by atoms with Gasteiger partial charge in [0, 0.05) is 33.2 Å². The van der Waals surface area contributed by atoms with Gasteiger partial charge in [-0.15, -0.1) is 0 Å². The molecule has 0 bridgehead atoms. The molecule has 0 atom stereocenters. The molecule has 0 aliphatic carbocycles. The first-order valence-electron chi connectivity index (χ1n) is 21.6. The van der Waals surface area contributed by atoms with Gasteiger partial charge in [-0.2, -0.15) is 52.7 Å². The van der Waals surface area contributed by atoms with Crippen LogP contribution < -0.4 is 0 Å². The number of hydrogen-bond acceptors (Lipinski definition) is 3. The lowest BCUT2D eigenvalue weighted by Gasteiger charge is -2.18. The SMILES string of the molecule is Fc1cccc(-c2ccc(-n3c4cc(-c5ccc(C(F)(F)F)cc5C(F)(F)F)ccc4c4ccc(-c5ccc(C(F)(F)F)cc5C(F)(F)F)cc43)cc2-c2nc(-c3ccccc3)nc(-c3ccccc3)n2)c1. The Labute approximate surface area is 399 Å². The number of rotatable bonds is 7. The van der Waals surface area contributed by atoms with Crippen LogP contribution in [0, 0.1) is 5.82 Å². The molecular weight excluding hydrogens is 964 g/mol. The molecule has 0 amide bonds. The van der Waals surface area contributed by atoms with Gasteiger partial charge in [-0.1, -0.05) is 115 Å². The highest BCUT2D eigenvalue weighted by atomic mass is 19.4. The zero-order valence-electron chi connectivity index (χ0n) is 36.4. The molecule has 0 saturated carbocycles. The summed E-state index contributed by atoms with van der Waals surface area (Å²) in [5, 5.41) is 0.635. The Morgan fingerprint density at radius 1 is 0.319 bits per heavy atom. The van der Waals surface area contributed by atoms with E-state index in [4.69, 9.17) is 15.0 Å². The van der Waals surface area contributed by atoms with Gasteiger partial charge in [-0.3, -0.25) is 0 Å². The van der Waals surface area contributed by atoms with E-state index in [1.807, 2.05) is 0 Å². The van der Waals surface area contributed by atoms with E-state index in [9.17, 15) is 52.7 Å². The maximum Gasteiger partial charge on any atom is 0.417 e. The van der Waals surface area contributed by atoms with Gasteiger partial charge in [0.2, 0.25) is 0 Å². The Morgan fingerprint density at radius 3 is 1.19 bits per heavy atom. The molecule has 10 rings (SSSR count). The van der Waals surface area contributed by atoms with Crippen molar-refractivity contribution in [3.8, 4) is 73.2 Å². The second kappa shape index (κ2) is 17.5. The van der Waals surface area contributed by atoms with Gasteiger partial charge in [0.05, 0.1) is 33.3 Å². The topological polar surface area (TPSA) is 43.6 Å². The number of halogens is 13. The van der Waals surface area contributed by atoms with Crippen LogP contribution in [0.3, 0.4) is 0 Å². The van der Waals surface area contributed by atoms with E-state index in [0.717, 1.165) is 0 Å². The first-order valence-corrected chi connectivity index (χ1v) is 21.6. The molecule has 0 aliphatic rings. The highest BCUT2D eigenvalue weighted by Gasteiger charge is 2.40. The van der Waals surface area contributed by atoms with Crippen molar-refractivity contribution in [3.63, 3.8) is 0 Å². The molecule has 0 spiro atoms. The summed E-state index contributed by atoms with van der Waals surface area (Å²) in [5.41, 5.74) is -5.31. The van der Waals surface area contributed by atoms with Crippen molar-refractivity contribution in [1.82, 2.24) is 19.5 Å². The smallest absolute Gasteiger partial charge is 0.309 e. The third-order valence-corrected chi connectivity index (χ3v) is 12.0. The van der Waals surface area contributed by atoms with E-state index in [1.54, 1.807) is 84.9 Å². The first-order chi connectivity index (χ1) is 34.1. The predicted octanol–water partition coefficient (Wildman–Crippen LogP) is 17.2. The lowest BCUT2D eigenvalue weighted by molar-refractivity contribution is -0.144. The van der Waals surface area contributed by atoms with Crippen LogP contribution in [-0.4, -0.2) is 19.5 Å². The van der Waals surface area contributed by atoms with Gasteiger partial charge >= 0.3 is 24.7 Å². The molecule has 0 N–H and O–H groups in total. The average molecular weight is 993 g/mol. The Hall–Kier alpha value is -8.34. The summed E-state index contributed by atoms with van der Waals surface area (Å²) < 4.78 is 187. The van der Waals surface area contributed by atoms with E-state index >= 15 is 4.39 Å². The number of benzene rings is 8. The summed E-state index contributed by atoms with van der Waals surface area (Å²) >= 11 is 0. The second-order valence-corrected chi connectivity index (χ2v) is 16.6. The number of hydrogen-bond donors (Lipinski definition) is 0. The van der Waals surface area contributed by atoms with Gasteiger partial charge in [0.25, 0.3) is 0 Å². The van der Waals surface area contributed by atoms with Crippen molar-refractivity contribution in [2.45, 2.75) is 24.7 Å². The third-order valence-electron chi connectivity index (χ3n) is 12.0. The fourth-order valence-electron chi connectivity index (χ4n) is 8.74. The van der Waals surface area contributed by atoms with Crippen LogP contribution in [0.2, 0.25) is 0 Å². The molecule has 4 nitrogen and oxygen atoms in total. The standard InChI is InChI=1S/C55H29F13N4/c56-37-13-7-12-32(24-37)39-23-18-38(29-44(39)51-70-49(30-8-3-1-4-9-30)69-50(71-51)31-10-5-2-6-11-31)72-47-25-33(40-21-16-35(52(57,58)59)27-45(40)54(63,64)65)14-19-42(47)43-20-15-34(26-48(43)72)41-22-17-36(53(60,61)62)28-46(41)55(66,67)68/h1-29H. The number of aromatic nitrogens is 4. The summed E-state index contributed by atoms with van der Waals surface area (Å²) in [4.78, 5) is 14.5. The minimum absolute atomic E-state index is 0.00316. The third kappa shape index (κ3) is 9.01. The van der Waals surface area contributed by atoms with Crippen LogP contribution in [-0.2, 0) is 24.7 Å². The van der Waals surface area contributed by atoms with E-state index < -0.39 is 63.9 Å². The molecular formula is C55H29F13N4. The van der Waals surface area contributed by atoms with Gasteiger partial charge < -0.3 is 4.57 Å². The lowest BCUT2D eigenvalue weighted by Crippen LogP contribution is -2.12. The van der Waals surface area contributed by atoms with Gasteiger partial charge in [0.15, 0.2) is 17.5 Å². The molecule has 0 aliphatic heterocycles. The van der Waals surface area contributed by atoms with Crippen molar-refractivity contribution in [3.05, 3.63) is 204 Å². The van der Waals surface area contributed by atoms with Crippen LogP contribution >= 0.6 is 0 Å². The van der Waals surface area contributed by atoms with Crippen LogP contribution in [0.15, 0.2) is 176 Å². The van der Waals surface area contributed by atoms with Crippen LogP contribution in [0.25, 0.3) is 95.0 Å². The Kier molecular flexibility index (Phi) is 11.5. The lowest BCUT2D eigenvalue weighted by atomic mass is 9.95. The maximum atomic E-state index is 15.0. The largest absolute Gasteiger partial charge is 0.417 e. The van der Waals surface area contributed by atoms with Crippen molar-refractivity contribution in [2.75, 3.05) is 0 Å². The monoisotopic (exact) mass is 992 g/mol. The molecule has 8 aromatic carbocycles. The van der Waals surface area contributed by atoms with Crippen LogP contribution in [0.5, 0.6) is 0 Å². The number of alkyl halides is 12. The van der Waals surface area contributed by atoms with E-state index in [2.05, 4.69) is 0 Å². The number of nitrogens with zero attached hydrogens (tertiary/aromatic N) is 4. The summed E-state index contributed by atoms with van der Waals surface area (Å²) in [6.07, 6.45) is -20.8. The zero-order chi connectivity index (χ0) is 50.9. The van der Waals surface area contributed by atoms with E-state index in [-0.39, 0.29) is 63.0 Å². The molecule has 17 heteroatoms. The Bertz CT molecular complexity index is 3520. The quantitative estimate of drug-likeness (QED) is 0.149. The molecule has 0 radical (unpaired) electrons. The second-order valence-electron chi connectivity index (χ2n) is 16.6. The van der Waals surface area contributed by atoms with Gasteiger partial charge in [-0.05, 0) is 94.0 Å². The number of fused-ring (bicyclic) bond motifs is 3. The zero-order valence-corrected chi connectivity index (χ0v) is 36.4. The molecule has 10 aromatic rings. The molecule has 360 valence electrons. The normalized spacial score (nSPS) is 12.5. The van der Waals surface area contributed by atoms with Crippen molar-refractivity contribution in [1.29, 1.82) is 0 Å². The highest BCUT2D eigenvalue weighted by molar-refractivity contribution is 6.11. The van der Waals surface area contributed by atoms with Gasteiger partial charge in [0.1, 0.15) is 5.82 Å². The minimum Gasteiger partial charge on any atom is -0.309 e. The summed E-state index contributed by atoms with van der Waals surface area (Å²) in [6, 6.07) is 38.4. The summed E-state index contributed by atoms with van der Waals surface area (Å²) in [7, 11) is 0. The molecule has 0 unspecified atom stereocenters. The van der Waals surface area contributed by atoms with Crippen molar-refractivity contribution in [2.24, 2.45) is 0 Å². The average Bonchev–Trinajstić information content (AvgIpc) is 3.68. The molecule has 2 heterocycles. The fraction of sp³-hybridized carbons (Fsp3) is 0.0727. The Balaban J connectivity index is 1.29. The fourth-order valence-corrected chi connectivity index (χ4v) is 8.74. The van der Waals surface area contributed by atoms with Crippen molar-refractivity contribution >= 4 is 21.8 Å². The summed E-state index contributed by atoms with van der Waals surface area (Å²) in [6.45, 7) is 0. The molecule has 0 saturated heterocycles. The molecule has 72 heavy (non-hydrogen) atoms. The Morgan fingerprint density at radius 2 is 0.750 bits per heavy atom.